The van der Waals surface area contributed by atoms with E-state index in [1.54, 1.807) is 0 Å². The molecule has 1 heteroatoms. The van der Waals surface area contributed by atoms with E-state index in [0.29, 0.717) is 5.54 Å². The summed E-state index contributed by atoms with van der Waals surface area (Å²) in [5.74, 6) is 0. The second-order valence-electron chi connectivity index (χ2n) is 3.36. The molecule has 1 rings (SSSR count). The lowest BCUT2D eigenvalue weighted by molar-refractivity contribution is 0.0612. The van der Waals surface area contributed by atoms with Crippen LogP contribution in [0.25, 0.3) is 0 Å². The standard InChI is InChI=1S/C8H17N.C2H6/c1-4-9(3)8(2)6-5-7-8;1-2/h4-7H2,1-3H3;1-2H3. The fourth-order valence-electron chi connectivity index (χ4n) is 1.45. The van der Waals surface area contributed by atoms with E-state index < -0.39 is 0 Å². The molecule has 0 amide bonds. The van der Waals surface area contributed by atoms with E-state index in [1.807, 2.05) is 13.8 Å². The molecule has 1 aliphatic rings. The van der Waals surface area contributed by atoms with Gasteiger partial charge in [-0.05, 0) is 39.8 Å². The Balaban J connectivity index is 0.000000461. The minimum atomic E-state index is 0.564. The molecule has 0 radical (unpaired) electrons. The molecular formula is C10H23N. The van der Waals surface area contributed by atoms with Crippen molar-refractivity contribution in [3.05, 3.63) is 0 Å². The lowest BCUT2D eigenvalue weighted by Gasteiger charge is -2.45. The topological polar surface area (TPSA) is 3.24 Å². The van der Waals surface area contributed by atoms with Crippen LogP contribution < -0.4 is 0 Å². The monoisotopic (exact) mass is 157 g/mol. The molecule has 1 aliphatic carbocycles. The Hall–Kier alpha value is -0.0400. The summed E-state index contributed by atoms with van der Waals surface area (Å²) in [5.41, 5.74) is 0.564. The summed E-state index contributed by atoms with van der Waals surface area (Å²) < 4.78 is 0. The maximum absolute atomic E-state index is 2.45. The molecule has 0 aromatic rings. The molecule has 0 heterocycles. The first kappa shape index (κ1) is 11.0. The number of nitrogens with zero attached hydrogens (tertiary/aromatic N) is 1. The molecule has 1 saturated carbocycles. The van der Waals surface area contributed by atoms with E-state index in [9.17, 15) is 0 Å². The molecule has 11 heavy (non-hydrogen) atoms. The molecule has 0 aromatic heterocycles. The van der Waals surface area contributed by atoms with Gasteiger partial charge in [-0.25, -0.2) is 0 Å². The molecule has 0 unspecified atom stereocenters. The van der Waals surface area contributed by atoms with Gasteiger partial charge in [0.1, 0.15) is 0 Å². The highest BCUT2D eigenvalue weighted by molar-refractivity contribution is 4.91. The number of rotatable bonds is 2. The van der Waals surface area contributed by atoms with Crippen molar-refractivity contribution in [3.8, 4) is 0 Å². The molecule has 0 saturated heterocycles. The summed E-state index contributed by atoms with van der Waals surface area (Å²) in [4.78, 5) is 2.45. The predicted molar refractivity (Wildman–Crippen MR) is 51.9 cm³/mol. The number of hydrogen-bond acceptors (Lipinski definition) is 1. The van der Waals surface area contributed by atoms with Gasteiger partial charge in [0.05, 0.1) is 0 Å². The predicted octanol–water partition coefficient (Wildman–Crippen LogP) is 2.91. The molecule has 1 nitrogen and oxygen atoms in total. The largest absolute Gasteiger partial charge is 0.301 e. The average molecular weight is 157 g/mol. The van der Waals surface area contributed by atoms with Gasteiger partial charge >= 0.3 is 0 Å². The molecule has 0 aliphatic heterocycles. The lowest BCUT2D eigenvalue weighted by Crippen LogP contribution is -2.48. The van der Waals surface area contributed by atoms with Crippen molar-refractivity contribution in [3.63, 3.8) is 0 Å². The lowest BCUT2D eigenvalue weighted by atomic mass is 9.77. The molecule has 0 atom stereocenters. The zero-order chi connectivity index (χ0) is 8.91. The van der Waals surface area contributed by atoms with Crippen molar-refractivity contribution < 1.29 is 0 Å². The van der Waals surface area contributed by atoms with Crippen LogP contribution in [-0.4, -0.2) is 24.0 Å². The molecule has 0 bridgehead atoms. The van der Waals surface area contributed by atoms with Gasteiger partial charge in [-0.2, -0.15) is 0 Å². The fourth-order valence-corrected chi connectivity index (χ4v) is 1.45. The Kier molecular flexibility index (Phi) is 4.74. The minimum absolute atomic E-state index is 0.564. The van der Waals surface area contributed by atoms with Gasteiger partial charge in [0, 0.05) is 5.54 Å². The molecule has 0 N–H and O–H groups in total. The average Bonchev–Trinajstić information content (AvgIpc) is 2.02. The molecule has 68 valence electrons. The normalized spacial score (nSPS) is 20.2. The van der Waals surface area contributed by atoms with E-state index in [2.05, 4.69) is 25.8 Å². The van der Waals surface area contributed by atoms with Gasteiger partial charge in [0.25, 0.3) is 0 Å². The van der Waals surface area contributed by atoms with E-state index in [4.69, 9.17) is 0 Å². The zero-order valence-corrected chi connectivity index (χ0v) is 8.78. The Morgan fingerprint density at radius 2 is 1.73 bits per heavy atom. The van der Waals surface area contributed by atoms with Crippen LogP contribution in [0.2, 0.25) is 0 Å². The molecule has 0 spiro atoms. The first-order valence-electron chi connectivity index (χ1n) is 4.90. The highest BCUT2D eigenvalue weighted by Crippen LogP contribution is 2.35. The van der Waals surface area contributed by atoms with Gasteiger partial charge in [0.15, 0.2) is 0 Å². The van der Waals surface area contributed by atoms with Crippen molar-refractivity contribution in [2.45, 2.75) is 52.5 Å². The van der Waals surface area contributed by atoms with Crippen LogP contribution in [-0.2, 0) is 0 Å². The highest BCUT2D eigenvalue weighted by Gasteiger charge is 2.34. The van der Waals surface area contributed by atoms with Gasteiger partial charge in [0.2, 0.25) is 0 Å². The van der Waals surface area contributed by atoms with Gasteiger partial charge in [-0.15, -0.1) is 0 Å². The van der Waals surface area contributed by atoms with Crippen LogP contribution in [0.3, 0.4) is 0 Å². The molecule has 1 fully saturated rings. The summed E-state index contributed by atoms with van der Waals surface area (Å²) in [7, 11) is 2.22. The van der Waals surface area contributed by atoms with E-state index in [0.717, 1.165) is 0 Å². The quantitative estimate of drug-likeness (QED) is 0.595. The summed E-state index contributed by atoms with van der Waals surface area (Å²) in [6.45, 7) is 9.78. The third-order valence-corrected chi connectivity index (χ3v) is 2.83. The van der Waals surface area contributed by atoms with Crippen LogP contribution >= 0.6 is 0 Å². The van der Waals surface area contributed by atoms with Crippen LogP contribution in [0.5, 0.6) is 0 Å². The summed E-state index contributed by atoms with van der Waals surface area (Å²) >= 11 is 0. The maximum Gasteiger partial charge on any atom is 0.0178 e. The highest BCUT2D eigenvalue weighted by atomic mass is 15.2. The summed E-state index contributed by atoms with van der Waals surface area (Å²) in [6.07, 6.45) is 4.23. The smallest absolute Gasteiger partial charge is 0.0178 e. The van der Waals surface area contributed by atoms with E-state index in [1.165, 1.54) is 25.8 Å². The molecule has 0 aromatic carbocycles. The zero-order valence-electron chi connectivity index (χ0n) is 8.78. The SMILES string of the molecule is CC.CCN(C)C1(C)CCC1. The van der Waals surface area contributed by atoms with Crippen LogP contribution in [0.15, 0.2) is 0 Å². The van der Waals surface area contributed by atoms with Gasteiger partial charge < -0.3 is 4.90 Å². The van der Waals surface area contributed by atoms with E-state index in [-0.39, 0.29) is 0 Å². The third-order valence-electron chi connectivity index (χ3n) is 2.83. The third kappa shape index (κ3) is 2.48. The van der Waals surface area contributed by atoms with Crippen molar-refractivity contribution >= 4 is 0 Å². The first-order chi connectivity index (χ1) is 5.19. The van der Waals surface area contributed by atoms with Crippen molar-refractivity contribution in [1.29, 1.82) is 0 Å². The Morgan fingerprint density at radius 1 is 1.27 bits per heavy atom. The summed E-state index contributed by atoms with van der Waals surface area (Å²) in [6, 6.07) is 0. The maximum atomic E-state index is 2.45. The van der Waals surface area contributed by atoms with Crippen molar-refractivity contribution in [2.75, 3.05) is 13.6 Å². The first-order valence-corrected chi connectivity index (χ1v) is 4.90. The number of hydrogen-bond donors (Lipinski definition) is 0. The summed E-state index contributed by atoms with van der Waals surface area (Å²) in [5, 5.41) is 0. The Bertz CT molecular complexity index is 95.0. The fraction of sp³-hybridized carbons (Fsp3) is 1.00. The van der Waals surface area contributed by atoms with Gasteiger partial charge in [-0.3, -0.25) is 0 Å². The second kappa shape index (κ2) is 4.76. The Labute approximate surface area is 71.8 Å². The van der Waals surface area contributed by atoms with Crippen LogP contribution in [0.4, 0.5) is 0 Å². The van der Waals surface area contributed by atoms with Crippen molar-refractivity contribution in [2.24, 2.45) is 0 Å². The van der Waals surface area contributed by atoms with Crippen molar-refractivity contribution in [1.82, 2.24) is 4.90 Å². The van der Waals surface area contributed by atoms with E-state index >= 15 is 0 Å². The minimum Gasteiger partial charge on any atom is -0.301 e. The molecular weight excluding hydrogens is 134 g/mol. The Morgan fingerprint density at radius 3 is 1.82 bits per heavy atom. The second-order valence-corrected chi connectivity index (χ2v) is 3.36. The van der Waals surface area contributed by atoms with Gasteiger partial charge in [-0.1, -0.05) is 20.8 Å². The van der Waals surface area contributed by atoms with Crippen LogP contribution in [0, 0.1) is 0 Å². The van der Waals surface area contributed by atoms with Crippen LogP contribution in [0.1, 0.15) is 47.0 Å².